The molecule has 1 aliphatic rings. The highest BCUT2D eigenvalue weighted by molar-refractivity contribution is 7.16. The first-order valence-electron chi connectivity index (χ1n) is 7.64. The zero-order valence-corrected chi connectivity index (χ0v) is 13.4. The molecule has 0 amide bonds. The molecule has 1 aliphatic carbocycles. The molecule has 3 rings (SSSR count). The molecule has 1 aromatic heterocycles. The number of aryl methyl sites for hydroxylation is 1. The summed E-state index contributed by atoms with van der Waals surface area (Å²) in [6, 6.07) is 10.2. The van der Waals surface area contributed by atoms with E-state index in [2.05, 4.69) is 11.1 Å². The Labute approximate surface area is 134 Å². The second kappa shape index (κ2) is 6.76. The smallest absolute Gasteiger partial charge is 0.134 e. The van der Waals surface area contributed by atoms with Gasteiger partial charge in [0.1, 0.15) is 16.8 Å². The molecule has 0 saturated heterocycles. The number of para-hydroxylation sites is 1. The van der Waals surface area contributed by atoms with E-state index in [-0.39, 0.29) is 0 Å². The van der Waals surface area contributed by atoms with Crippen LogP contribution in [0.25, 0.3) is 0 Å². The van der Waals surface area contributed by atoms with Gasteiger partial charge in [0.25, 0.3) is 0 Å². The van der Waals surface area contributed by atoms with Crippen LogP contribution >= 0.6 is 11.3 Å². The Balaban J connectivity index is 1.93. The number of nitriles is 1. The zero-order valence-electron chi connectivity index (χ0n) is 12.6. The lowest BCUT2D eigenvalue weighted by molar-refractivity contribution is 0.340. The molecule has 1 aromatic carbocycles. The van der Waals surface area contributed by atoms with Crippen LogP contribution < -0.4 is 4.74 Å². The quantitative estimate of drug-likeness (QED) is 0.772. The molecule has 0 radical (unpaired) electrons. The van der Waals surface area contributed by atoms with Crippen LogP contribution in [0.3, 0.4) is 0 Å². The van der Waals surface area contributed by atoms with E-state index in [1.54, 1.807) is 11.3 Å². The van der Waals surface area contributed by atoms with Crippen molar-refractivity contribution in [2.75, 3.05) is 6.61 Å². The third kappa shape index (κ3) is 2.90. The third-order valence-electron chi connectivity index (χ3n) is 3.80. The van der Waals surface area contributed by atoms with E-state index < -0.39 is 0 Å². The minimum atomic E-state index is 0.627. The lowest BCUT2D eigenvalue weighted by Gasteiger charge is -2.09. The van der Waals surface area contributed by atoms with E-state index >= 15 is 0 Å². The number of hydrogen-bond acceptors (Lipinski definition) is 4. The molecular formula is C18H18N2OS. The molecule has 1 heterocycles. The van der Waals surface area contributed by atoms with Gasteiger partial charge in [0.2, 0.25) is 0 Å². The predicted molar refractivity (Wildman–Crippen MR) is 90.5 cm³/mol. The van der Waals surface area contributed by atoms with Gasteiger partial charge in [-0.25, -0.2) is 4.99 Å². The summed E-state index contributed by atoms with van der Waals surface area (Å²) in [5, 5.41) is 10.3. The number of benzene rings is 1. The highest BCUT2D eigenvalue weighted by atomic mass is 32.1. The summed E-state index contributed by atoms with van der Waals surface area (Å²) in [6.45, 7) is 2.59. The van der Waals surface area contributed by atoms with Crippen molar-refractivity contribution in [3.63, 3.8) is 0 Å². The van der Waals surface area contributed by atoms with E-state index in [1.807, 2.05) is 37.4 Å². The fraction of sp³-hybridized carbons (Fsp3) is 0.333. The van der Waals surface area contributed by atoms with Crippen molar-refractivity contribution < 1.29 is 4.74 Å². The molecule has 3 nitrogen and oxygen atoms in total. The molecule has 0 N–H and O–H groups in total. The average molecular weight is 310 g/mol. The van der Waals surface area contributed by atoms with Crippen molar-refractivity contribution in [1.29, 1.82) is 5.26 Å². The number of aliphatic imine (C=N–C) groups is 1. The Hall–Kier alpha value is -2.12. The number of thiophene rings is 1. The summed E-state index contributed by atoms with van der Waals surface area (Å²) in [7, 11) is 0. The minimum absolute atomic E-state index is 0.627. The van der Waals surface area contributed by atoms with Gasteiger partial charge in [-0.2, -0.15) is 5.26 Å². The Morgan fingerprint density at radius 3 is 2.95 bits per heavy atom. The summed E-state index contributed by atoms with van der Waals surface area (Å²) in [5.74, 6) is 0.827. The maximum absolute atomic E-state index is 9.46. The standard InChI is InChI=1S/C18H18N2OS/c1-2-21-16-9-5-3-7-13(16)12-20-18-15(11-19)14-8-4-6-10-17(14)22-18/h3,5,7,9,12H,2,4,6,8,10H2,1H3. The minimum Gasteiger partial charge on any atom is -0.493 e. The topological polar surface area (TPSA) is 45.4 Å². The van der Waals surface area contributed by atoms with Gasteiger partial charge in [0, 0.05) is 16.7 Å². The van der Waals surface area contributed by atoms with E-state index in [4.69, 9.17) is 4.74 Å². The molecule has 0 bridgehead atoms. The Morgan fingerprint density at radius 1 is 1.32 bits per heavy atom. The third-order valence-corrected chi connectivity index (χ3v) is 5.00. The largest absolute Gasteiger partial charge is 0.493 e. The lowest BCUT2D eigenvalue weighted by atomic mass is 9.96. The SMILES string of the molecule is CCOc1ccccc1C=Nc1sc2c(c1C#N)CCCC2. The summed E-state index contributed by atoms with van der Waals surface area (Å²) in [4.78, 5) is 5.93. The molecule has 22 heavy (non-hydrogen) atoms. The van der Waals surface area contributed by atoms with E-state index in [0.29, 0.717) is 6.61 Å². The van der Waals surface area contributed by atoms with Crippen molar-refractivity contribution in [3.8, 4) is 11.8 Å². The molecule has 0 fully saturated rings. The van der Waals surface area contributed by atoms with Crippen LogP contribution in [0, 0.1) is 11.3 Å². The van der Waals surface area contributed by atoms with Gasteiger partial charge in [-0.15, -0.1) is 11.3 Å². The molecule has 4 heteroatoms. The van der Waals surface area contributed by atoms with E-state index in [9.17, 15) is 5.26 Å². The average Bonchev–Trinajstić information content (AvgIpc) is 2.92. The van der Waals surface area contributed by atoms with Crippen LogP contribution in [0.4, 0.5) is 5.00 Å². The van der Waals surface area contributed by atoms with Crippen LogP contribution in [-0.2, 0) is 12.8 Å². The summed E-state index contributed by atoms with van der Waals surface area (Å²) < 4.78 is 5.61. The number of fused-ring (bicyclic) bond motifs is 1. The van der Waals surface area contributed by atoms with Gasteiger partial charge in [0.05, 0.1) is 12.2 Å². The monoisotopic (exact) mass is 310 g/mol. The maximum Gasteiger partial charge on any atom is 0.134 e. The predicted octanol–water partition coefficient (Wildman–Crippen LogP) is 4.65. The van der Waals surface area contributed by atoms with Crippen LogP contribution in [0.15, 0.2) is 29.3 Å². The van der Waals surface area contributed by atoms with Gasteiger partial charge in [-0.1, -0.05) is 12.1 Å². The van der Waals surface area contributed by atoms with E-state index in [1.165, 1.54) is 23.3 Å². The summed E-state index contributed by atoms with van der Waals surface area (Å²) in [5.41, 5.74) is 2.94. The number of nitrogens with zero attached hydrogens (tertiary/aromatic N) is 2. The molecule has 0 atom stereocenters. The Morgan fingerprint density at radius 2 is 2.14 bits per heavy atom. The molecule has 112 valence electrons. The molecular weight excluding hydrogens is 292 g/mol. The first-order chi connectivity index (χ1) is 10.8. The normalized spacial score (nSPS) is 13.8. The van der Waals surface area contributed by atoms with Gasteiger partial charge in [0.15, 0.2) is 0 Å². The van der Waals surface area contributed by atoms with Gasteiger partial charge >= 0.3 is 0 Å². The van der Waals surface area contributed by atoms with Crippen LogP contribution in [0.5, 0.6) is 5.75 Å². The van der Waals surface area contributed by atoms with Gasteiger partial charge in [-0.05, 0) is 50.3 Å². The zero-order chi connectivity index (χ0) is 15.4. The van der Waals surface area contributed by atoms with Crippen molar-refractivity contribution >= 4 is 22.6 Å². The van der Waals surface area contributed by atoms with Gasteiger partial charge < -0.3 is 4.74 Å². The second-order valence-corrected chi connectivity index (χ2v) is 6.32. The Bertz CT molecular complexity index is 740. The van der Waals surface area contributed by atoms with Crippen molar-refractivity contribution in [3.05, 3.63) is 45.8 Å². The second-order valence-electron chi connectivity index (χ2n) is 5.23. The molecule has 2 aromatic rings. The van der Waals surface area contributed by atoms with Crippen LogP contribution in [0.1, 0.15) is 41.3 Å². The molecule has 0 unspecified atom stereocenters. The maximum atomic E-state index is 9.46. The highest BCUT2D eigenvalue weighted by Crippen LogP contribution is 2.39. The molecule has 0 saturated carbocycles. The van der Waals surface area contributed by atoms with E-state index in [0.717, 1.165) is 34.7 Å². The van der Waals surface area contributed by atoms with Crippen molar-refractivity contribution in [1.82, 2.24) is 0 Å². The van der Waals surface area contributed by atoms with Crippen molar-refractivity contribution in [2.24, 2.45) is 4.99 Å². The fourth-order valence-electron chi connectivity index (χ4n) is 2.76. The Kier molecular flexibility index (Phi) is 4.55. The molecule has 0 aliphatic heterocycles. The first-order valence-corrected chi connectivity index (χ1v) is 8.45. The lowest BCUT2D eigenvalue weighted by Crippen LogP contribution is -1.99. The number of hydrogen-bond donors (Lipinski definition) is 0. The summed E-state index contributed by atoms with van der Waals surface area (Å²) >= 11 is 1.66. The highest BCUT2D eigenvalue weighted by Gasteiger charge is 2.20. The molecule has 0 spiro atoms. The van der Waals surface area contributed by atoms with Crippen molar-refractivity contribution in [2.45, 2.75) is 32.6 Å². The number of rotatable bonds is 4. The first kappa shape index (κ1) is 14.8. The van der Waals surface area contributed by atoms with Gasteiger partial charge in [-0.3, -0.25) is 0 Å². The number of ether oxygens (including phenoxy) is 1. The van der Waals surface area contributed by atoms with Crippen LogP contribution in [0.2, 0.25) is 0 Å². The summed E-state index contributed by atoms with van der Waals surface area (Å²) in [6.07, 6.45) is 6.30. The van der Waals surface area contributed by atoms with Crippen LogP contribution in [-0.4, -0.2) is 12.8 Å². The fourth-order valence-corrected chi connectivity index (χ4v) is 3.94.